The van der Waals surface area contributed by atoms with Crippen molar-refractivity contribution in [2.24, 2.45) is 11.7 Å². The molecule has 0 amide bonds. The smallest absolute Gasteiger partial charge is 0.330 e. The number of cyclic esters (lactones) is 1. The van der Waals surface area contributed by atoms with Crippen LogP contribution < -0.4 is 5.73 Å². The van der Waals surface area contributed by atoms with E-state index < -0.39 is 97.3 Å². The molecule has 4 rings (SSSR count). The molecule has 3 saturated heterocycles. The number of aliphatic hydroxyl groups excluding tert-OH is 4. The molecule has 4 heterocycles. The summed E-state index contributed by atoms with van der Waals surface area (Å²) in [5.74, 6) is -5.41. The molecule has 0 aliphatic carbocycles. The first-order valence-corrected chi connectivity index (χ1v) is 17.4. The maximum absolute atomic E-state index is 12.5. The third-order valence-electron chi connectivity index (χ3n) is 9.35. The number of aliphatic hydroxyl groups is 5. The summed E-state index contributed by atoms with van der Waals surface area (Å²) in [6, 6.07) is -1.08. The summed E-state index contributed by atoms with van der Waals surface area (Å²) in [5.41, 5.74) is 6.00. The molecule has 14 heteroatoms. The van der Waals surface area contributed by atoms with Crippen molar-refractivity contribution < 1.29 is 63.9 Å². The zero-order valence-electron chi connectivity index (χ0n) is 28.6. The lowest BCUT2D eigenvalue weighted by molar-refractivity contribution is -0.308. The Labute approximate surface area is 292 Å². The van der Waals surface area contributed by atoms with Gasteiger partial charge in [-0.15, -0.1) is 0 Å². The van der Waals surface area contributed by atoms with E-state index in [-0.39, 0.29) is 25.4 Å². The number of carbonyl (C=O) groups excluding carboxylic acids is 1. The van der Waals surface area contributed by atoms with Crippen molar-refractivity contribution in [3.8, 4) is 0 Å². The highest BCUT2D eigenvalue weighted by molar-refractivity contribution is 5.82. The van der Waals surface area contributed by atoms with E-state index in [9.17, 15) is 40.2 Å². The van der Waals surface area contributed by atoms with Crippen molar-refractivity contribution >= 4 is 11.9 Å². The second kappa shape index (κ2) is 18.6. The van der Waals surface area contributed by atoms with Crippen LogP contribution in [0.25, 0.3) is 0 Å². The number of fused-ring (bicyclic) bond motifs is 3. The highest BCUT2D eigenvalue weighted by atomic mass is 16.7. The number of rotatable bonds is 6. The highest BCUT2D eigenvalue weighted by Gasteiger charge is 2.51. The van der Waals surface area contributed by atoms with Gasteiger partial charge in [0.15, 0.2) is 12.1 Å². The molecule has 8 N–H and O–H groups in total. The molecule has 0 aromatic heterocycles. The lowest BCUT2D eigenvalue weighted by Gasteiger charge is -2.45. The monoisotopic (exact) mass is 707 g/mol. The van der Waals surface area contributed by atoms with Gasteiger partial charge in [-0.2, -0.15) is 0 Å². The summed E-state index contributed by atoms with van der Waals surface area (Å²) in [4.78, 5) is 24.8. The Kier molecular flexibility index (Phi) is 14.9. The van der Waals surface area contributed by atoms with Crippen LogP contribution in [-0.4, -0.2) is 122 Å². The molecule has 0 aromatic carbocycles. The fourth-order valence-electron chi connectivity index (χ4n) is 6.54. The number of ether oxygens (including phenoxy) is 5. The molecular formula is C36H53NO13. The van der Waals surface area contributed by atoms with Gasteiger partial charge in [-0.3, -0.25) is 4.79 Å². The first kappa shape index (κ1) is 40.0. The van der Waals surface area contributed by atoms with E-state index in [1.165, 1.54) is 6.08 Å². The van der Waals surface area contributed by atoms with Crippen molar-refractivity contribution in [3.05, 3.63) is 60.8 Å². The van der Waals surface area contributed by atoms with Crippen molar-refractivity contribution in [1.82, 2.24) is 0 Å². The minimum atomic E-state index is -2.10. The molecule has 14 atom stereocenters. The lowest BCUT2D eigenvalue weighted by Crippen LogP contribution is -2.61. The maximum atomic E-state index is 12.5. The van der Waals surface area contributed by atoms with Crippen molar-refractivity contribution in [1.29, 1.82) is 0 Å². The van der Waals surface area contributed by atoms with E-state index in [4.69, 9.17) is 29.4 Å². The van der Waals surface area contributed by atoms with Gasteiger partial charge in [-0.05, 0) is 19.4 Å². The first-order valence-electron chi connectivity index (χ1n) is 17.4. The van der Waals surface area contributed by atoms with Crippen molar-refractivity contribution in [3.63, 3.8) is 0 Å². The Morgan fingerprint density at radius 2 is 1.70 bits per heavy atom. The summed E-state index contributed by atoms with van der Waals surface area (Å²) in [6.45, 7) is 3.64. The van der Waals surface area contributed by atoms with E-state index in [1.807, 2.05) is 18.2 Å². The summed E-state index contributed by atoms with van der Waals surface area (Å²) < 4.78 is 29.0. The molecule has 280 valence electrons. The number of aliphatic carboxylic acids is 1. The van der Waals surface area contributed by atoms with Crippen molar-refractivity contribution in [2.75, 3.05) is 0 Å². The number of nitrogens with two attached hydrogens (primary N) is 1. The van der Waals surface area contributed by atoms with E-state index in [1.54, 1.807) is 43.4 Å². The number of carboxylic acids is 1. The number of carboxylic acid groups (broad SMARTS) is 1. The average molecular weight is 708 g/mol. The van der Waals surface area contributed by atoms with Crippen LogP contribution in [0.4, 0.5) is 0 Å². The second-order valence-corrected chi connectivity index (χ2v) is 13.5. The zero-order chi connectivity index (χ0) is 36.4. The Morgan fingerprint density at radius 1 is 0.980 bits per heavy atom. The van der Waals surface area contributed by atoms with E-state index in [0.29, 0.717) is 6.42 Å². The van der Waals surface area contributed by atoms with Crippen LogP contribution in [-0.2, 0) is 33.3 Å². The van der Waals surface area contributed by atoms with Gasteiger partial charge in [-0.1, -0.05) is 68.4 Å². The fourth-order valence-corrected chi connectivity index (χ4v) is 6.54. The van der Waals surface area contributed by atoms with E-state index in [0.717, 1.165) is 19.3 Å². The van der Waals surface area contributed by atoms with Gasteiger partial charge in [0.2, 0.25) is 0 Å². The van der Waals surface area contributed by atoms with Gasteiger partial charge in [0.25, 0.3) is 0 Å². The Balaban J connectivity index is 1.58. The standard InChI is InChI=1S/C36H53NO13/c1-3-4-12-23-13-10-8-6-5-7-9-11-14-24(48-35-33(42)31(37)32(41)21(2)46-35)18-28-30(34(43)44)25(39)20-36(45,50-28)19-22(38)17-27-26(49-27)15-16-29(40)47-23/h5-11,14-16,21-28,30-33,35,38-39,41-42,45H,3-4,12-13,17-20,37H2,1-2H3,(H,43,44)/b6-5+,9-7+,10-8-,14-11+,16-15-/t21-,22+,23?,24+,25+,26-,27-,28+,30-,31+,32-,33+,35+,36-/m1/s1. The number of hydrogen-bond donors (Lipinski definition) is 7. The predicted molar refractivity (Wildman–Crippen MR) is 179 cm³/mol. The SMILES string of the molecule is CCCCC1C\C=C/C=C/C=C/C=C/[C@H](O[C@@H]2O[C@H](C)[C@@H](O)[C@H](N)[C@@H]2O)C[C@@H]2O[C@](O)(C[C@@H](O)C[C@H]3O[C@@H]3/C=C\C(=O)O1)C[C@H](O)[C@H]2C(=O)O. The van der Waals surface area contributed by atoms with Crippen LogP contribution in [0.1, 0.15) is 65.2 Å². The summed E-state index contributed by atoms with van der Waals surface area (Å²) in [7, 11) is 0. The minimum absolute atomic E-state index is 0.0816. The summed E-state index contributed by atoms with van der Waals surface area (Å²) in [5, 5.41) is 64.2. The Bertz CT molecular complexity index is 1270. The van der Waals surface area contributed by atoms with Crippen LogP contribution in [0.3, 0.4) is 0 Å². The molecule has 0 aromatic rings. The number of epoxide rings is 1. The van der Waals surface area contributed by atoms with Gasteiger partial charge in [0, 0.05) is 38.2 Å². The lowest BCUT2D eigenvalue weighted by atomic mass is 9.83. The van der Waals surface area contributed by atoms with Crippen LogP contribution in [0, 0.1) is 5.92 Å². The first-order chi connectivity index (χ1) is 23.8. The third-order valence-corrected chi connectivity index (χ3v) is 9.35. The molecule has 0 saturated carbocycles. The molecule has 0 spiro atoms. The second-order valence-electron chi connectivity index (χ2n) is 13.5. The van der Waals surface area contributed by atoms with Crippen LogP contribution in [0.2, 0.25) is 0 Å². The normalized spacial score (nSPS) is 45.1. The van der Waals surface area contributed by atoms with Gasteiger partial charge in [0.1, 0.15) is 24.2 Å². The van der Waals surface area contributed by atoms with E-state index in [2.05, 4.69) is 6.92 Å². The van der Waals surface area contributed by atoms with Crippen LogP contribution in [0.5, 0.6) is 0 Å². The molecule has 1 unspecified atom stereocenters. The molecule has 14 nitrogen and oxygen atoms in total. The minimum Gasteiger partial charge on any atom is -0.481 e. The number of carbonyl (C=O) groups is 2. The predicted octanol–water partition coefficient (Wildman–Crippen LogP) is 1.29. The van der Waals surface area contributed by atoms with Crippen LogP contribution >= 0.6 is 0 Å². The highest BCUT2D eigenvalue weighted by Crippen LogP contribution is 2.39. The van der Waals surface area contributed by atoms with Gasteiger partial charge >= 0.3 is 11.9 Å². The van der Waals surface area contributed by atoms with Gasteiger partial charge in [-0.25, -0.2) is 4.79 Å². The topological polar surface area (TPSA) is 231 Å². The van der Waals surface area contributed by atoms with E-state index >= 15 is 0 Å². The maximum Gasteiger partial charge on any atom is 0.330 e. The van der Waals surface area contributed by atoms with Gasteiger partial charge < -0.3 is 60.1 Å². The zero-order valence-corrected chi connectivity index (χ0v) is 28.6. The molecule has 4 aliphatic heterocycles. The fraction of sp³-hybridized carbons (Fsp3) is 0.667. The molecule has 0 radical (unpaired) electrons. The number of unbranched alkanes of at least 4 members (excludes halogenated alkanes) is 1. The quantitative estimate of drug-likeness (QED) is 0.152. The van der Waals surface area contributed by atoms with Crippen molar-refractivity contribution in [2.45, 2.75) is 144 Å². The Hall–Kier alpha value is -2.76. The number of esters is 1. The van der Waals surface area contributed by atoms with Gasteiger partial charge in [0.05, 0.1) is 48.8 Å². The summed E-state index contributed by atoms with van der Waals surface area (Å²) >= 11 is 0. The average Bonchev–Trinajstić information content (AvgIpc) is 3.78. The molecule has 2 bridgehead atoms. The molecule has 50 heavy (non-hydrogen) atoms. The molecule has 3 fully saturated rings. The number of allylic oxidation sites excluding steroid dienone is 6. The molecule has 4 aliphatic rings. The number of hydrogen-bond acceptors (Lipinski definition) is 13. The third kappa shape index (κ3) is 11.6. The summed E-state index contributed by atoms with van der Waals surface area (Å²) in [6.07, 6.45) is 8.24. The Morgan fingerprint density at radius 3 is 2.42 bits per heavy atom. The largest absolute Gasteiger partial charge is 0.481 e. The van der Waals surface area contributed by atoms with Crippen LogP contribution in [0.15, 0.2) is 60.8 Å². The molecular weight excluding hydrogens is 654 g/mol.